The van der Waals surface area contributed by atoms with E-state index in [-0.39, 0.29) is 22.8 Å². The summed E-state index contributed by atoms with van der Waals surface area (Å²) in [5.41, 5.74) is 1.28. The van der Waals surface area contributed by atoms with E-state index in [1.165, 1.54) is 36.4 Å². The van der Waals surface area contributed by atoms with Gasteiger partial charge in [0.25, 0.3) is 0 Å². The smallest absolute Gasteiger partial charge is 0.335 e. The van der Waals surface area contributed by atoms with Crippen LogP contribution in [0.1, 0.15) is 17.3 Å². The third-order valence-corrected chi connectivity index (χ3v) is 2.69. The summed E-state index contributed by atoms with van der Waals surface area (Å²) in [5.74, 6) is -1.52. The van der Waals surface area contributed by atoms with Crippen molar-refractivity contribution in [3.05, 3.63) is 53.3 Å². The molecule has 0 bridgehead atoms. The van der Waals surface area contributed by atoms with Crippen LogP contribution < -0.4 is 5.32 Å². The average molecular weight is 257 g/mol. The van der Waals surface area contributed by atoms with E-state index in [1.54, 1.807) is 6.92 Å². The van der Waals surface area contributed by atoms with Crippen molar-refractivity contribution in [1.29, 1.82) is 0 Å². The maximum absolute atomic E-state index is 11.7. The molecular weight excluding hydrogens is 246 g/mol. The van der Waals surface area contributed by atoms with Crippen LogP contribution in [-0.2, 0) is 9.59 Å². The van der Waals surface area contributed by atoms with E-state index in [0.717, 1.165) is 0 Å². The maximum atomic E-state index is 11.7. The highest BCUT2D eigenvalue weighted by molar-refractivity contribution is 6.20. The van der Waals surface area contributed by atoms with Crippen LogP contribution >= 0.6 is 0 Å². The van der Waals surface area contributed by atoms with E-state index < -0.39 is 5.97 Å². The second-order valence-electron chi connectivity index (χ2n) is 4.12. The largest absolute Gasteiger partial charge is 0.478 e. The minimum Gasteiger partial charge on any atom is -0.478 e. The zero-order valence-corrected chi connectivity index (χ0v) is 10.1. The molecular formula is C14H11NO4. The van der Waals surface area contributed by atoms with E-state index in [9.17, 15) is 14.4 Å². The summed E-state index contributed by atoms with van der Waals surface area (Å²) in [6.45, 7) is 1.58. The number of benzene rings is 1. The molecule has 19 heavy (non-hydrogen) atoms. The van der Waals surface area contributed by atoms with Gasteiger partial charge in [-0.25, -0.2) is 4.79 Å². The van der Waals surface area contributed by atoms with Crippen molar-refractivity contribution in [2.24, 2.45) is 0 Å². The summed E-state index contributed by atoms with van der Waals surface area (Å²) in [4.78, 5) is 33.8. The second kappa shape index (κ2) is 4.89. The van der Waals surface area contributed by atoms with Gasteiger partial charge in [-0.2, -0.15) is 0 Å². The van der Waals surface area contributed by atoms with Gasteiger partial charge < -0.3 is 10.4 Å². The number of carbonyl (C=O) groups is 3. The molecule has 0 aromatic heterocycles. The van der Waals surface area contributed by atoms with E-state index in [2.05, 4.69) is 5.32 Å². The summed E-state index contributed by atoms with van der Waals surface area (Å²) in [6.07, 6.45) is 2.51. The predicted molar refractivity (Wildman–Crippen MR) is 68.9 cm³/mol. The molecule has 1 aliphatic rings. The summed E-state index contributed by atoms with van der Waals surface area (Å²) >= 11 is 0. The molecule has 1 aromatic carbocycles. The number of hydrogen-bond acceptors (Lipinski definition) is 4. The van der Waals surface area contributed by atoms with Gasteiger partial charge in [-0.15, -0.1) is 0 Å². The van der Waals surface area contributed by atoms with Crippen molar-refractivity contribution in [3.63, 3.8) is 0 Å². The summed E-state index contributed by atoms with van der Waals surface area (Å²) < 4.78 is 0. The summed E-state index contributed by atoms with van der Waals surface area (Å²) in [5, 5.41) is 11.6. The molecule has 5 nitrogen and oxygen atoms in total. The minimum atomic E-state index is -1.02. The predicted octanol–water partition coefficient (Wildman–Crippen LogP) is 1.78. The topological polar surface area (TPSA) is 83.5 Å². The molecule has 2 rings (SSSR count). The molecule has 0 saturated carbocycles. The zero-order valence-electron chi connectivity index (χ0n) is 10.1. The Hall–Kier alpha value is -2.69. The molecule has 1 aliphatic carbocycles. The molecule has 0 amide bonds. The van der Waals surface area contributed by atoms with Gasteiger partial charge in [0.2, 0.25) is 5.78 Å². The van der Waals surface area contributed by atoms with Gasteiger partial charge in [0.05, 0.1) is 11.3 Å². The first-order chi connectivity index (χ1) is 8.97. The van der Waals surface area contributed by atoms with Crippen molar-refractivity contribution >= 4 is 23.2 Å². The summed E-state index contributed by atoms with van der Waals surface area (Å²) in [6, 6.07) is 5.91. The first-order valence-electron chi connectivity index (χ1n) is 5.56. The lowest BCUT2D eigenvalue weighted by Gasteiger charge is -2.12. The van der Waals surface area contributed by atoms with Crippen molar-refractivity contribution in [2.45, 2.75) is 6.92 Å². The summed E-state index contributed by atoms with van der Waals surface area (Å²) in [7, 11) is 0. The quantitative estimate of drug-likeness (QED) is 0.806. The first-order valence-corrected chi connectivity index (χ1v) is 5.56. The van der Waals surface area contributed by atoms with Gasteiger partial charge in [-0.3, -0.25) is 9.59 Å². The van der Waals surface area contributed by atoms with Crippen LogP contribution in [0.15, 0.2) is 47.7 Å². The van der Waals surface area contributed by atoms with Crippen molar-refractivity contribution in [1.82, 2.24) is 0 Å². The molecule has 5 heteroatoms. The van der Waals surface area contributed by atoms with Gasteiger partial charge >= 0.3 is 5.97 Å². The van der Waals surface area contributed by atoms with E-state index in [0.29, 0.717) is 11.3 Å². The van der Waals surface area contributed by atoms with Crippen LogP contribution in [-0.4, -0.2) is 22.6 Å². The van der Waals surface area contributed by atoms with Gasteiger partial charge in [-0.05, 0) is 37.3 Å². The molecule has 2 N–H and O–H groups in total. The molecule has 0 spiro atoms. The number of carboxylic acids is 1. The van der Waals surface area contributed by atoms with Crippen LogP contribution in [0.3, 0.4) is 0 Å². The molecule has 0 saturated heterocycles. The highest BCUT2D eigenvalue weighted by atomic mass is 16.4. The average Bonchev–Trinajstić information content (AvgIpc) is 2.36. The molecule has 0 atom stereocenters. The number of hydrogen-bond donors (Lipinski definition) is 2. The number of carboxylic acid groups (broad SMARTS) is 1. The highest BCUT2D eigenvalue weighted by Crippen LogP contribution is 2.16. The SMILES string of the molecule is CC1=CC(=O)C(Nc2ccc(C(=O)O)cc2)=CC1=O. The van der Waals surface area contributed by atoms with Crippen LogP contribution in [0.5, 0.6) is 0 Å². The molecule has 0 aliphatic heterocycles. The van der Waals surface area contributed by atoms with Crippen LogP contribution in [0, 0.1) is 0 Å². The van der Waals surface area contributed by atoms with Crippen LogP contribution in [0.25, 0.3) is 0 Å². The normalized spacial score (nSPS) is 14.8. The van der Waals surface area contributed by atoms with Crippen LogP contribution in [0.4, 0.5) is 5.69 Å². The molecule has 96 valence electrons. The highest BCUT2D eigenvalue weighted by Gasteiger charge is 2.17. The Morgan fingerprint density at radius 3 is 2.26 bits per heavy atom. The lowest BCUT2D eigenvalue weighted by atomic mass is 10.0. The lowest BCUT2D eigenvalue weighted by molar-refractivity contribution is -0.115. The van der Waals surface area contributed by atoms with Gasteiger partial charge in [0, 0.05) is 17.3 Å². The first kappa shape index (κ1) is 12.8. The number of anilines is 1. The third kappa shape index (κ3) is 2.77. The number of ketones is 2. The maximum Gasteiger partial charge on any atom is 0.335 e. The Morgan fingerprint density at radius 1 is 1.05 bits per heavy atom. The Morgan fingerprint density at radius 2 is 1.68 bits per heavy atom. The molecule has 0 unspecified atom stereocenters. The number of nitrogens with one attached hydrogen (secondary N) is 1. The number of aromatic carboxylic acids is 1. The number of allylic oxidation sites excluding steroid dienone is 3. The second-order valence-corrected chi connectivity index (χ2v) is 4.12. The Bertz CT molecular complexity index is 623. The van der Waals surface area contributed by atoms with E-state index >= 15 is 0 Å². The molecule has 0 fully saturated rings. The van der Waals surface area contributed by atoms with Crippen molar-refractivity contribution < 1.29 is 19.5 Å². The molecule has 0 heterocycles. The Balaban J connectivity index is 2.18. The number of carbonyl (C=O) groups excluding carboxylic acids is 2. The minimum absolute atomic E-state index is 0.154. The number of rotatable bonds is 3. The van der Waals surface area contributed by atoms with Gasteiger partial charge in [0.15, 0.2) is 5.78 Å². The van der Waals surface area contributed by atoms with Crippen LogP contribution in [0.2, 0.25) is 0 Å². The van der Waals surface area contributed by atoms with E-state index in [4.69, 9.17) is 5.11 Å². The zero-order chi connectivity index (χ0) is 14.0. The Kier molecular flexibility index (Phi) is 3.29. The monoisotopic (exact) mass is 257 g/mol. The lowest BCUT2D eigenvalue weighted by Crippen LogP contribution is -2.17. The molecule has 1 aromatic rings. The van der Waals surface area contributed by atoms with Gasteiger partial charge in [-0.1, -0.05) is 0 Å². The van der Waals surface area contributed by atoms with E-state index in [1.807, 2.05) is 0 Å². The third-order valence-electron chi connectivity index (χ3n) is 2.69. The standard InChI is InChI=1S/C14H11NO4/c1-8-6-13(17)11(7-12(8)16)15-10-4-2-9(3-5-10)14(18)19/h2-7,15H,1H3,(H,18,19). The van der Waals surface area contributed by atoms with Crippen molar-refractivity contribution in [2.75, 3.05) is 5.32 Å². The Labute approximate surface area is 109 Å². The van der Waals surface area contributed by atoms with Crippen molar-refractivity contribution in [3.8, 4) is 0 Å². The fourth-order valence-electron chi connectivity index (χ4n) is 1.61. The fourth-order valence-corrected chi connectivity index (χ4v) is 1.61. The fraction of sp³-hybridized carbons (Fsp3) is 0.0714. The van der Waals surface area contributed by atoms with Gasteiger partial charge in [0.1, 0.15) is 0 Å². The molecule has 0 radical (unpaired) electrons.